The van der Waals surface area contributed by atoms with Crippen LogP contribution >= 0.6 is 0 Å². The van der Waals surface area contributed by atoms with Crippen molar-refractivity contribution in [3.05, 3.63) is 29.8 Å². The van der Waals surface area contributed by atoms with E-state index in [1.807, 2.05) is 6.07 Å². The van der Waals surface area contributed by atoms with E-state index in [4.69, 9.17) is 5.26 Å². The van der Waals surface area contributed by atoms with E-state index in [2.05, 4.69) is 5.32 Å². The first-order valence-corrected chi connectivity index (χ1v) is 7.35. The Morgan fingerprint density at radius 2 is 2.09 bits per heavy atom. The summed E-state index contributed by atoms with van der Waals surface area (Å²) in [5.74, 6) is -0.736. The number of nitrogens with zero attached hydrogens (tertiary/aromatic N) is 2. The van der Waals surface area contributed by atoms with Gasteiger partial charge in [-0.3, -0.25) is 4.79 Å². The molecule has 0 aromatic heterocycles. The monoisotopic (exact) mass is 299 g/mol. The van der Waals surface area contributed by atoms with Crippen LogP contribution < -0.4 is 5.32 Å². The third-order valence-electron chi connectivity index (χ3n) is 4.85. The number of amides is 2. The van der Waals surface area contributed by atoms with Gasteiger partial charge in [0.05, 0.1) is 17.0 Å². The molecule has 1 aliphatic carbocycles. The van der Waals surface area contributed by atoms with E-state index in [9.17, 15) is 14.7 Å². The molecule has 1 aromatic rings. The second-order valence-electron chi connectivity index (χ2n) is 6.05. The molecular formula is C16H17N3O3. The Hall–Kier alpha value is -2.55. The van der Waals surface area contributed by atoms with Crippen molar-refractivity contribution in [2.45, 2.75) is 19.3 Å². The van der Waals surface area contributed by atoms with Crippen molar-refractivity contribution in [1.29, 1.82) is 5.26 Å². The van der Waals surface area contributed by atoms with Crippen molar-refractivity contribution in [3.63, 3.8) is 0 Å². The lowest BCUT2D eigenvalue weighted by Crippen LogP contribution is -2.38. The predicted octanol–water partition coefficient (Wildman–Crippen LogP) is 2.28. The van der Waals surface area contributed by atoms with Gasteiger partial charge < -0.3 is 15.3 Å². The summed E-state index contributed by atoms with van der Waals surface area (Å²) in [5, 5.41) is 21.1. The van der Waals surface area contributed by atoms with Crippen LogP contribution in [0.1, 0.15) is 24.8 Å². The number of urea groups is 1. The largest absolute Gasteiger partial charge is 0.481 e. The summed E-state index contributed by atoms with van der Waals surface area (Å²) in [6.45, 7) is 0.767. The first-order valence-electron chi connectivity index (χ1n) is 7.35. The van der Waals surface area contributed by atoms with Gasteiger partial charge in [0.15, 0.2) is 0 Å². The molecule has 6 nitrogen and oxygen atoms in total. The van der Waals surface area contributed by atoms with Crippen LogP contribution in [0.15, 0.2) is 24.3 Å². The van der Waals surface area contributed by atoms with E-state index in [1.54, 1.807) is 29.2 Å². The topological polar surface area (TPSA) is 93.4 Å². The lowest BCUT2D eigenvalue weighted by atomic mass is 9.81. The number of fused-ring (bicyclic) bond motifs is 1. The van der Waals surface area contributed by atoms with Gasteiger partial charge in [-0.15, -0.1) is 0 Å². The second-order valence-corrected chi connectivity index (χ2v) is 6.05. The molecule has 2 N–H and O–H groups in total. The van der Waals surface area contributed by atoms with Gasteiger partial charge in [-0.05, 0) is 43.0 Å². The number of anilines is 1. The van der Waals surface area contributed by atoms with Gasteiger partial charge in [-0.2, -0.15) is 5.26 Å². The molecule has 0 spiro atoms. The first kappa shape index (κ1) is 14.4. The molecule has 1 saturated carbocycles. The zero-order valence-electron chi connectivity index (χ0n) is 12.1. The molecule has 0 bridgehead atoms. The van der Waals surface area contributed by atoms with Crippen molar-refractivity contribution >= 4 is 17.7 Å². The number of carbonyl (C=O) groups excluding carboxylic acids is 1. The Morgan fingerprint density at radius 3 is 2.68 bits per heavy atom. The number of hydrogen-bond donors (Lipinski definition) is 2. The van der Waals surface area contributed by atoms with Crippen molar-refractivity contribution in [1.82, 2.24) is 4.90 Å². The number of nitriles is 1. The van der Waals surface area contributed by atoms with Crippen LogP contribution in [0.5, 0.6) is 0 Å². The Labute approximate surface area is 128 Å². The summed E-state index contributed by atoms with van der Waals surface area (Å²) in [4.78, 5) is 25.5. The number of benzene rings is 1. The highest BCUT2D eigenvalue weighted by atomic mass is 16.4. The number of hydrogen-bond acceptors (Lipinski definition) is 3. The average molecular weight is 299 g/mol. The number of aliphatic carboxylic acids is 1. The number of likely N-dealkylation sites (tertiary alicyclic amines) is 1. The van der Waals surface area contributed by atoms with Gasteiger partial charge in [0, 0.05) is 18.8 Å². The maximum Gasteiger partial charge on any atom is 0.321 e. The summed E-state index contributed by atoms with van der Waals surface area (Å²) in [5.41, 5.74) is 0.367. The third-order valence-corrected chi connectivity index (χ3v) is 4.85. The lowest BCUT2D eigenvalue weighted by molar-refractivity contribution is -0.149. The summed E-state index contributed by atoms with van der Waals surface area (Å²) < 4.78 is 0. The molecule has 114 valence electrons. The van der Waals surface area contributed by atoms with Crippen molar-refractivity contribution in [3.8, 4) is 6.07 Å². The highest BCUT2D eigenvalue weighted by Crippen LogP contribution is 2.48. The van der Waals surface area contributed by atoms with Crippen LogP contribution in [0.3, 0.4) is 0 Å². The van der Waals surface area contributed by atoms with E-state index < -0.39 is 11.4 Å². The number of carboxylic acid groups (broad SMARTS) is 1. The molecule has 0 radical (unpaired) electrons. The molecule has 1 saturated heterocycles. The van der Waals surface area contributed by atoms with Crippen LogP contribution in [-0.4, -0.2) is 35.1 Å². The van der Waals surface area contributed by atoms with E-state index in [0.717, 1.165) is 12.8 Å². The molecule has 2 aliphatic rings. The van der Waals surface area contributed by atoms with Crippen LogP contribution in [0.2, 0.25) is 0 Å². The van der Waals surface area contributed by atoms with Crippen LogP contribution in [-0.2, 0) is 4.79 Å². The molecule has 0 unspecified atom stereocenters. The summed E-state index contributed by atoms with van der Waals surface area (Å²) in [6.07, 6.45) is 2.43. The van der Waals surface area contributed by atoms with E-state index >= 15 is 0 Å². The van der Waals surface area contributed by atoms with Crippen LogP contribution in [0, 0.1) is 22.7 Å². The Morgan fingerprint density at radius 1 is 1.36 bits per heavy atom. The summed E-state index contributed by atoms with van der Waals surface area (Å²) in [6, 6.07) is 8.34. The van der Waals surface area contributed by atoms with Crippen molar-refractivity contribution in [2.24, 2.45) is 11.3 Å². The number of nitrogens with one attached hydrogen (secondary N) is 1. The van der Waals surface area contributed by atoms with E-state index in [0.29, 0.717) is 24.2 Å². The highest BCUT2D eigenvalue weighted by Gasteiger charge is 2.55. The van der Waals surface area contributed by atoms with Gasteiger partial charge in [-0.25, -0.2) is 4.79 Å². The minimum absolute atomic E-state index is 0.0525. The molecule has 2 fully saturated rings. The molecular weight excluding hydrogens is 282 g/mol. The lowest BCUT2D eigenvalue weighted by Gasteiger charge is -2.23. The fraction of sp³-hybridized carbons (Fsp3) is 0.438. The van der Waals surface area contributed by atoms with E-state index in [-0.39, 0.29) is 18.5 Å². The number of carbonyl (C=O) groups is 2. The van der Waals surface area contributed by atoms with Crippen LogP contribution in [0.4, 0.5) is 10.5 Å². The molecule has 22 heavy (non-hydrogen) atoms. The van der Waals surface area contributed by atoms with Crippen LogP contribution in [0.25, 0.3) is 0 Å². The molecule has 2 atom stereocenters. The molecule has 1 aliphatic heterocycles. The standard InChI is InChI=1S/C16H17N3O3/c17-8-11-3-5-13(6-4-11)18-15(22)19-9-12-2-1-7-16(12,10-19)14(20)21/h3-6,12H,1-2,7,9-10H2,(H,18,22)(H,20,21)/t12-,16+/m0/s1. The quantitative estimate of drug-likeness (QED) is 0.876. The van der Waals surface area contributed by atoms with Gasteiger partial charge in [0.2, 0.25) is 0 Å². The number of rotatable bonds is 2. The Bertz CT molecular complexity index is 650. The number of carboxylic acids is 1. The van der Waals surface area contributed by atoms with Crippen molar-refractivity contribution < 1.29 is 14.7 Å². The molecule has 3 rings (SSSR count). The SMILES string of the molecule is N#Cc1ccc(NC(=O)N2C[C@@H]3CCC[C@@]3(C(=O)O)C2)cc1. The molecule has 1 aromatic carbocycles. The highest BCUT2D eigenvalue weighted by molar-refractivity contribution is 5.90. The molecule has 2 amide bonds. The first-order chi connectivity index (χ1) is 10.5. The van der Waals surface area contributed by atoms with E-state index in [1.165, 1.54) is 0 Å². The Balaban J connectivity index is 1.69. The Kier molecular flexibility index (Phi) is 3.49. The minimum Gasteiger partial charge on any atom is -0.481 e. The summed E-state index contributed by atoms with van der Waals surface area (Å²) in [7, 11) is 0. The second kappa shape index (κ2) is 5.34. The zero-order chi connectivity index (χ0) is 15.7. The third kappa shape index (κ3) is 2.29. The normalized spacial score (nSPS) is 26.3. The maximum atomic E-state index is 12.3. The van der Waals surface area contributed by atoms with Gasteiger partial charge in [-0.1, -0.05) is 6.42 Å². The zero-order valence-corrected chi connectivity index (χ0v) is 12.1. The van der Waals surface area contributed by atoms with Gasteiger partial charge >= 0.3 is 12.0 Å². The fourth-order valence-electron chi connectivity index (χ4n) is 3.62. The molecule has 6 heteroatoms. The van der Waals surface area contributed by atoms with Gasteiger partial charge in [0.25, 0.3) is 0 Å². The maximum absolute atomic E-state index is 12.3. The minimum atomic E-state index is -0.788. The molecule has 1 heterocycles. The smallest absolute Gasteiger partial charge is 0.321 e. The average Bonchev–Trinajstić information content (AvgIpc) is 3.06. The fourth-order valence-corrected chi connectivity index (χ4v) is 3.62. The predicted molar refractivity (Wildman–Crippen MR) is 79.2 cm³/mol. The van der Waals surface area contributed by atoms with Gasteiger partial charge in [0.1, 0.15) is 0 Å². The van der Waals surface area contributed by atoms with Crippen molar-refractivity contribution in [2.75, 3.05) is 18.4 Å². The summed E-state index contributed by atoms with van der Waals surface area (Å²) >= 11 is 0.